The van der Waals surface area contributed by atoms with E-state index in [9.17, 15) is 18.0 Å². The molecule has 5 heteroatoms. The van der Waals surface area contributed by atoms with Crippen LogP contribution in [0.2, 0.25) is 0 Å². The van der Waals surface area contributed by atoms with Gasteiger partial charge in [0, 0.05) is 11.6 Å². The normalized spacial score (nSPS) is 14.8. The van der Waals surface area contributed by atoms with Crippen LogP contribution in [0.3, 0.4) is 0 Å². The number of halogens is 3. The van der Waals surface area contributed by atoms with Crippen LogP contribution in [0.1, 0.15) is 32.8 Å². The minimum atomic E-state index is -4.40. The Morgan fingerprint density at radius 1 is 1.32 bits per heavy atom. The van der Waals surface area contributed by atoms with Gasteiger partial charge in [-0.1, -0.05) is 33.3 Å². The van der Waals surface area contributed by atoms with E-state index in [1.807, 2.05) is 13.8 Å². The van der Waals surface area contributed by atoms with Gasteiger partial charge in [-0.15, -0.1) is 0 Å². The van der Waals surface area contributed by atoms with Crippen LogP contribution in [0, 0.1) is 11.8 Å². The molecule has 0 fully saturated rings. The van der Waals surface area contributed by atoms with Gasteiger partial charge < -0.3 is 5.32 Å². The van der Waals surface area contributed by atoms with Crippen molar-refractivity contribution in [2.75, 3.05) is 5.32 Å². The third kappa shape index (κ3) is 4.26. The maximum absolute atomic E-state index is 12.5. The third-order valence-electron chi connectivity index (χ3n) is 3.37. The van der Waals surface area contributed by atoms with E-state index < -0.39 is 11.7 Å². The first kappa shape index (κ1) is 15.5. The summed E-state index contributed by atoms with van der Waals surface area (Å²) in [6, 6.07) is 4.66. The van der Waals surface area contributed by atoms with Gasteiger partial charge >= 0.3 is 6.18 Å². The summed E-state index contributed by atoms with van der Waals surface area (Å²) in [7, 11) is 0. The second kappa shape index (κ2) is 6.08. The van der Waals surface area contributed by atoms with Gasteiger partial charge in [0.1, 0.15) is 0 Å². The maximum Gasteiger partial charge on any atom is 0.416 e. The minimum absolute atomic E-state index is 0.176. The Labute approximate surface area is 111 Å². The van der Waals surface area contributed by atoms with Crippen LogP contribution < -0.4 is 5.32 Å². The van der Waals surface area contributed by atoms with Gasteiger partial charge in [0.25, 0.3) is 0 Å². The average Bonchev–Trinajstić information content (AvgIpc) is 2.36. The Bertz CT molecular complexity index is 443. The van der Waals surface area contributed by atoms with Gasteiger partial charge in [-0.25, -0.2) is 0 Å². The van der Waals surface area contributed by atoms with Gasteiger partial charge in [0.2, 0.25) is 5.91 Å². The first-order valence-electron chi connectivity index (χ1n) is 6.23. The fourth-order valence-electron chi connectivity index (χ4n) is 1.64. The van der Waals surface area contributed by atoms with Crippen molar-refractivity contribution in [1.82, 2.24) is 0 Å². The SMILES string of the molecule is CCC(C)C(C)C(=O)Nc1cccc(C(F)(F)F)c1. The summed E-state index contributed by atoms with van der Waals surface area (Å²) in [5.74, 6) is -0.306. The highest BCUT2D eigenvalue weighted by molar-refractivity contribution is 5.92. The second-order valence-corrected chi connectivity index (χ2v) is 4.74. The monoisotopic (exact) mass is 273 g/mol. The van der Waals surface area contributed by atoms with Crippen LogP contribution in [0.4, 0.5) is 18.9 Å². The molecular weight excluding hydrogens is 255 g/mol. The molecule has 0 saturated carbocycles. The molecule has 0 bridgehead atoms. The predicted octanol–water partition coefficient (Wildman–Crippen LogP) is 4.33. The highest BCUT2D eigenvalue weighted by Crippen LogP contribution is 2.30. The zero-order valence-electron chi connectivity index (χ0n) is 11.2. The van der Waals surface area contributed by atoms with Gasteiger partial charge in [0.05, 0.1) is 5.56 Å². The lowest BCUT2D eigenvalue weighted by Crippen LogP contribution is -2.25. The number of carbonyl (C=O) groups excluding carboxylic acids is 1. The lowest BCUT2D eigenvalue weighted by molar-refractivity contribution is -0.137. The lowest BCUT2D eigenvalue weighted by Gasteiger charge is -2.18. The molecule has 1 amide bonds. The molecule has 0 aliphatic rings. The van der Waals surface area contributed by atoms with Crippen LogP contribution in [0.5, 0.6) is 0 Å². The summed E-state index contributed by atoms with van der Waals surface area (Å²) < 4.78 is 37.6. The minimum Gasteiger partial charge on any atom is -0.326 e. The quantitative estimate of drug-likeness (QED) is 0.869. The Morgan fingerprint density at radius 3 is 2.47 bits per heavy atom. The number of hydrogen-bond acceptors (Lipinski definition) is 1. The largest absolute Gasteiger partial charge is 0.416 e. The van der Waals surface area contributed by atoms with E-state index in [-0.39, 0.29) is 23.4 Å². The Hall–Kier alpha value is -1.52. The molecule has 0 radical (unpaired) electrons. The number of nitrogens with one attached hydrogen (secondary N) is 1. The van der Waals surface area contributed by atoms with E-state index in [0.29, 0.717) is 0 Å². The summed E-state index contributed by atoms with van der Waals surface area (Å²) in [6.07, 6.45) is -3.56. The van der Waals surface area contributed by atoms with E-state index in [0.717, 1.165) is 18.6 Å². The fourth-order valence-corrected chi connectivity index (χ4v) is 1.64. The van der Waals surface area contributed by atoms with Gasteiger partial charge in [-0.2, -0.15) is 13.2 Å². The van der Waals surface area contributed by atoms with Crippen molar-refractivity contribution < 1.29 is 18.0 Å². The molecule has 0 aromatic heterocycles. The summed E-state index contributed by atoms with van der Waals surface area (Å²) in [5.41, 5.74) is -0.587. The van der Waals surface area contributed by atoms with Crippen molar-refractivity contribution in [2.45, 2.75) is 33.4 Å². The zero-order valence-corrected chi connectivity index (χ0v) is 11.2. The summed E-state index contributed by atoms with van der Waals surface area (Å²) >= 11 is 0. The molecule has 0 saturated heterocycles. The summed E-state index contributed by atoms with van der Waals surface area (Å²) in [5, 5.41) is 2.53. The highest BCUT2D eigenvalue weighted by Gasteiger charge is 2.30. The van der Waals surface area contributed by atoms with Crippen LogP contribution in [0.25, 0.3) is 0 Å². The summed E-state index contributed by atoms with van der Waals surface area (Å²) in [6.45, 7) is 5.69. The van der Waals surface area contributed by atoms with Crippen molar-refractivity contribution in [2.24, 2.45) is 11.8 Å². The Kier molecular flexibility index (Phi) is 4.97. The number of anilines is 1. The van der Waals surface area contributed by atoms with Gasteiger partial charge in [-0.05, 0) is 24.1 Å². The molecule has 2 unspecified atom stereocenters. The van der Waals surface area contributed by atoms with Gasteiger partial charge in [0.15, 0.2) is 0 Å². The van der Waals surface area contributed by atoms with Crippen molar-refractivity contribution >= 4 is 11.6 Å². The fraction of sp³-hybridized carbons (Fsp3) is 0.500. The molecule has 2 atom stereocenters. The number of hydrogen-bond donors (Lipinski definition) is 1. The molecule has 2 nitrogen and oxygen atoms in total. The summed E-state index contributed by atoms with van der Waals surface area (Å²) in [4.78, 5) is 11.9. The number of alkyl halides is 3. The maximum atomic E-state index is 12.5. The van der Waals surface area contributed by atoms with Crippen LogP contribution >= 0.6 is 0 Å². The Balaban J connectivity index is 2.80. The standard InChI is InChI=1S/C14H18F3NO/c1-4-9(2)10(3)13(19)18-12-7-5-6-11(8-12)14(15,16)17/h5-10H,4H2,1-3H3,(H,18,19). The van der Waals surface area contributed by atoms with Crippen molar-refractivity contribution in [3.05, 3.63) is 29.8 Å². The zero-order chi connectivity index (χ0) is 14.6. The molecule has 1 N–H and O–H groups in total. The molecule has 1 aromatic rings. The second-order valence-electron chi connectivity index (χ2n) is 4.74. The molecule has 1 rings (SSSR count). The number of amides is 1. The topological polar surface area (TPSA) is 29.1 Å². The lowest BCUT2D eigenvalue weighted by atomic mass is 9.93. The average molecular weight is 273 g/mol. The highest BCUT2D eigenvalue weighted by atomic mass is 19.4. The van der Waals surface area contributed by atoms with E-state index in [4.69, 9.17) is 0 Å². The third-order valence-corrected chi connectivity index (χ3v) is 3.37. The smallest absolute Gasteiger partial charge is 0.326 e. The molecule has 0 aliphatic heterocycles. The van der Waals surface area contributed by atoms with Gasteiger partial charge in [-0.3, -0.25) is 4.79 Å². The molecule has 0 heterocycles. The molecule has 0 spiro atoms. The first-order valence-corrected chi connectivity index (χ1v) is 6.23. The predicted molar refractivity (Wildman–Crippen MR) is 68.7 cm³/mol. The van der Waals surface area contributed by atoms with Crippen molar-refractivity contribution in [3.63, 3.8) is 0 Å². The van der Waals surface area contributed by atoms with Crippen LogP contribution in [-0.2, 0) is 11.0 Å². The molecule has 1 aromatic carbocycles. The van der Waals surface area contributed by atoms with Crippen LogP contribution in [0.15, 0.2) is 24.3 Å². The van der Waals surface area contributed by atoms with Crippen molar-refractivity contribution in [3.8, 4) is 0 Å². The molecule has 0 aliphatic carbocycles. The molecule has 19 heavy (non-hydrogen) atoms. The van der Waals surface area contributed by atoms with Crippen LogP contribution in [-0.4, -0.2) is 5.91 Å². The van der Waals surface area contributed by atoms with E-state index in [1.165, 1.54) is 12.1 Å². The van der Waals surface area contributed by atoms with E-state index >= 15 is 0 Å². The first-order chi connectivity index (χ1) is 8.75. The number of carbonyl (C=O) groups is 1. The molecular formula is C14H18F3NO. The Morgan fingerprint density at radius 2 is 1.95 bits per heavy atom. The van der Waals surface area contributed by atoms with E-state index in [2.05, 4.69) is 5.32 Å². The number of benzene rings is 1. The number of rotatable bonds is 4. The van der Waals surface area contributed by atoms with Crippen molar-refractivity contribution in [1.29, 1.82) is 0 Å². The molecule has 106 valence electrons. The van der Waals surface area contributed by atoms with E-state index in [1.54, 1.807) is 6.92 Å².